The van der Waals surface area contributed by atoms with E-state index in [1.807, 2.05) is 38.1 Å². The fourth-order valence-corrected chi connectivity index (χ4v) is 3.11. The Hall–Kier alpha value is -2.30. The Bertz CT molecular complexity index is 749. The molecule has 3 rings (SSSR count). The van der Waals surface area contributed by atoms with Crippen molar-refractivity contribution in [1.82, 2.24) is 9.78 Å². The van der Waals surface area contributed by atoms with Crippen LogP contribution in [0.4, 0.5) is 5.69 Å². The van der Waals surface area contributed by atoms with Gasteiger partial charge in [0.1, 0.15) is 17.5 Å². The minimum atomic E-state index is -0.119. The second-order valence-electron chi connectivity index (χ2n) is 6.84. The summed E-state index contributed by atoms with van der Waals surface area (Å²) in [7, 11) is 0. The first-order chi connectivity index (χ1) is 11.5. The van der Waals surface area contributed by atoms with Crippen LogP contribution in [0.2, 0.25) is 0 Å². The molecule has 1 aliphatic rings. The first-order valence-electron chi connectivity index (χ1n) is 8.64. The van der Waals surface area contributed by atoms with Crippen molar-refractivity contribution in [2.24, 2.45) is 5.92 Å². The number of hydrogen-bond donors (Lipinski definition) is 1. The molecule has 0 saturated heterocycles. The van der Waals surface area contributed by atoms with E-state index < -0.39 is 0 Å². The fraction of sp³-hybridized carbons (Fsp3) is 0.474. The van der Waals surface area contributed by atoms with Gasteiger partial charge in [-0.3, -0.25) is 9.48 Å². The standard InChI is InChI=1S/C19H25N3O2/c1-5-22-17(11-16(21-22)8-12(2)3)19(23)20-15-6-7-18-14(10-15)9-13(4)24-18/h6-7,10-13H,5,8-9H2,1-4H3,(H,20,23). The van der Waals surface area contributed by atoms with Gasteiger partial charge in [-0.05, 0) is 56.0 Å². The Labute approximate surface area is 143 Å². The quantitative estimate of drug-likeness (QED) is 0.911. The Morgan fingerprint density at radius 2 is 2.21 bits per heavy atom. The summed E-state index contributed by atoms with van der Waals surface area (Å²) in [5.74, 6) is 1.31. The molecule has 5 nitrogen and oxygen atoms in total. The summed E-state index contributed by atoms with van der Waals surface area (Å²) in [6.45, 7) is 9.03. The average molecular weight is 327 g/mol. The molecule has 0 aliphatic carbocycles. The van der Waals surface area contributed by atoms with E-state index in [1.165, 1.54) is 0 Å². The fourth-order valence-electron chi connectivity index (χ4n) is 3.11. The van der Waals surface area contributed by atoms with Gasteiger partial charge in [-0.25, -0.2) is 0 Å². The molecule has 2 heterocycles. The Morgan fingerprint density at radius 1 is 1.42 bits per heavy atom. The van der Waals surface area contributed by atoms with Crippen LogP contribution in [0.1, 0.15) is 49.4 Å². The molecular weight excluding hydrogens is 302 g/mol. The van der Waals surface area contributed by atoms with Crippen LogP contribution < -0.4 is 10.1 Å². The van der Waals surface area contributed by atoms with Gasteiger partial charge in [0.25, 0.3) is 5.91 Å². The lowest BCUT2D eigenvalue weighted by Crippen LogP contribution is -2.17. The number of rotatable bonds is 5. The van der Waals surface area contributed by atoms with E-state index in [2.05, 4.69) is 24.3 Å². The lowest BCUT2D eigenvalue weighted by Gasteiger charge is -2.08. The van der Waals surface area contributed by atoms with Gasteiger partial charge in [0.15, 0.2) is 0 Å². The summed E-state index contributed by atoms with van der Waals surface area (Å²) in [5.41, 5.74) is 3.52. The molecule has 0 bridgehead atoms. The van der Waals surface area contributed by atoms with Crippen molar-refractivity contribution in [3.05, 3.63) is 41.2 Å². The highest BCUT2D eigenvalue weighted by atomic mass is 16.5. The topological polar surface area (TPSA) is 56.2 Å². The number of carbonyl (C=O) groups excluding carboxylic acids is 1. The second-order valence-corrected chi connectivity index (χ2v) is 6.84. The molecule has 1 amide bonds. The third kappa shape index (κ3) is 3.45. The van der Waals surface area contributed by atoms with Crippen LogP contribution >= 0.6 is 0 Å². The highest BCUT2D eigenvalue weighted by molar-refractivity contribution is 6.03. The first kappa shape index (κ1) is 16.6. The van der Waals surface area contributed by atoms with Crippen LogP contribution in [-0.2, 0) is 19.4 Å². The maximum atomic E-state index is 12.7. The Morgan fingerprint density at radius 3 is 2.92 bits per heavy atom. The molecule has 0 radical (unpaired) electrons. The largest absolute Gasteiger partial charge is 0.490 e. The molecule has 1 aromatic heterocycles. The zero-order chi connectivity index (χ0) is 17.3. The van der Waals surface area contributed by atoms with Gasteiger partial charge in [-0.15, -0.1) is 0 Å². The molecule has 1 unspecified atom stereocenters. The van der Waals surface area contributed by atoms with Crippen molar-refractivity contribution >= 4 is 11.6 Å². The molecule has 24 heavy (non-hydrogen) atoms. The maximum Gasteiger partial charge on any atom is 0.273 e. The van der Waals surface area contributed by atoms with Crippen molar-refractivity contribution in [1.29, 1.82) is 0 Å². The number of carbonyl (C=O) groups is 1. The molecule has 0 fully saturated rings. The normalized spacial score (nSPS) is 16.1. The lowest BCUT2D eigenvalue weighted by atomic mass is 10.1. The monoisotopic (exact) mass is 327 g/mol. The summed E-state index contributed by atoms with van der Waals surface area (Å²) >= 11 is 0. The van der Waals surface area contributed by atoms with Crippen molar-refractivity contribution in [2.45, 2.75) is 53.2 Å². The van der Waals surface area contributed by atoms with Crippen molar-refractivity contribution in [3.8, 4) is 5.75 Å². The SMILES string of the molecule is CCn1nc(CC(C)C)cc1C(=O)Nc1ccc2c(c1)CC(C)O2. The third-order valence-electron chi connectivity index (χ3n) is 4.13. The number of aryl methyl sites for hydroxylation is 1. The third-order valence-corrected chi connectivity index (χ3v) is 4.13. The molecule has 1 N–H and O–H groups in total. The van der Waals surface area contributed by atoms with Crippen LogP contribution in [0, 0.1) is 5.92 Å². The van der Waals surface area contributed by atoms with Crippen molar-refractivity contribution < 1.29 is 9.53 Å². The van der Waals surface area contributed by atoms with Crippen LogP contribution in [0.25, 0.3) is 0 Å². The van der Waals surface area contributed by atoms with Crippen LogP contribution in [-0.4, -0.2) is 21.8 Å². The molecule has 1 atom stereocenters. The van der Waals surface area contributed by atoms with Crippen LogP contribution in [0.15, 0.2) is 24.3 Å². The summed E-state index contributed by atoms with van der Waals surface area (Å²) in [4.78, 5) is 12.7. The predicted molar refractivity (Wildman–Crippen MR) is 94.6 cm³/mol. The van der Waals surface area contributed by atoms with E-state index in [1.54, 1.807) is 4.68 Å². The number of amides is 1. The van der Waals surface area contributed by atoms with Crippen LogP contribution in [0.5, 0.6) is 5.75 Å². The summed E-state index contributed by atoms with van der Waals surface area (Å²) in [6, 6.07) is 7.71. The lowest BCUT2D eigenvalue weighted by molar-refractivity contribution is 0.101. The van der Waals surface area contributed by atoms with Gasteiger partial charge in [-0.2, -0.15) is 5.10 Å². The van der Waals surface area contributed by atoms with E-state index in [0.717, 1.165) is 35.5 Å². The minimum Gasteiger partial charge on any atom is -0.490 e. The van der Waals surface area contributed by atoms with Gasteiger partial charge in [-0.1, -0.05) is 13.8 Å². The van der Waals surface area contributed by atoms with Crippen molar-refractivity contribution in [3.63, 3.8) is 0 Å². The Kier molecular flexibility index (Phi) is 4.60. The molecule has 0 spiro atoms. The van der Waals surface area contributed by atoms with Crippen LogP contribution in [0.3, 0.4) is 0 Å². The van der Waals surface area contributed by atoms with Gasteiger partial charge in [0.05, 0.1) is 5.69 Å². The molecule has 5 heteroatoms. The predicted octanol–water partition coefficient (Wildman–Crippen LogP) is 3.68. The average Bonchev–Trinajstić information content (AvgIpc) is 3.08. The molecule has 2 aromatic rings. The smallest absolute Gasteiger partial charge is 0.273 e. The number of anilines is 1. The number of benzene rings is 1. The van der Waals surface area contributed by atoms with Gasteiger partial charge in [0.2, 0.25) is 0 Å². The first-order valence-corrected chi connectivity index (χ1v) is 8.64. The number of ether oxygens (including phenoxy) is 1. The zero-order valence-electron chi connectivity index (χ0n) is 14.8. The van der Waals surface area contributed by atoms with Gasteiger partial charge in [0, 0.05) is 18.7 Å². The molecule has 0 saturated carbocycles. The highest BCUT2D eigenvalue weighted by Crippen LogP contribution is 2.31. The molecule has 1 aliphatic heterocycles. The molecule has 128 valence electrons. The van der Waals surface area contributed by atoms with E-state index in [9.17, 15) is 4.79 Å². The van der Waals surface area contributed by atoms with E-state index in [-0.39, 0.29) is 12.0 Å². The number of aromatic nitrogens is 2. The van der Waals surface area contributed by atoms with E-state index in [4.69, 9.17) is 4.74 Å². The Balaban J connectivity index is 1.78. The van der Waals surface area contributed by atoms with Gasteiger partial charge >= 0.3 is 0 Å². The van der Waals surface area contributed by atoms with E-state index in [0.29, 0.717) is 18.2 Å². The second kappa shape index (κ2) is 6.67. The summed E-state index contributed by atoms with van der Waals surface area (Å²) in [5, 5.41) is 7.52. The maximum absolute atomic E-state index is 12.7. The number of nitrogens with one attached hydrogen (secondary N) is 1. The highest BCUT2D eigenvalue weighted by Gasteiger charge is 2.20. The van der Waals surface area contributed by atoms with Crippen molar-refractivity contribution in [2.75, 3.05) is 5.32 Å². The minimum absolute atomic E-state index is 0.119. The van der Waals surface area contributed by atoms with Gasteiger partial charge < -0.3 is 10.1 Å². The number of nitrogens with zero attached hydrogens (tertiary/aromatic N) is 2. The molecular formula is C19H25N3O2. The number of hydrogen-bond acceptors (Lipinski definition) is 3. The zero-order valence-corrected chi connectivity index (χ0v) is 14.8. The molecule has 1 aromatic carbocycles. The number of fused-ring (bicyclic) bond motifs is 1. The summed E-state index contributed by atoms with van der Waals surface area (Å²) in [6.07, 6.45) is 1.96. The summed E-state index contributed by atoms with van der Waals surface area (Å²) < 4.78 is 7.47. The van der Waals surface area contributed by atoms with E-state index >= 15 is 0 Å².